The lowest BCUT2D eigenvalue weighted by Gasteiger charge is -2.40. The number of imidazole rings is 1. The number of nitrogens with zero attached hydrogens (tertiary/aromatic N) is 3. The second-order valence-electron chi connectivity index (χ2n) is 5.98. The normalized spacial score (nSPS) is 26.1. The van der Waals surface area contributed by atoms with Crippen molar-refractivity contribution in [3.63, 3.8) is 0 Å². The van der Waals surface area contributed by atoms with Crippen LogP contribution in [0, 0.1) is 0 Å². The molecule has 2 amide bonds. The lowest BCUT2D eigenvalue weighted by molar-refractivity contribution is 0.0889. The van der Waals surface area contributed by atoms with Gasteiger partial charge >= 0.3 is 6.03 Å². The zero-order valence-electron chi connectivity index (χ0n) is 13.2. The largest absolute Gasteiger partial charge is 0.347 e. The molecular formula is C16H25N5O. The summed E-state index contributed by atoms with van der Waals surface area (Å²) in [5.74, 6) is 0.942. The molecule has 2 aliphatic rings. The molecule has 2 unspecified atom stereocenters. The van der Waals surface area contributed by atoms with Crippen molar-refractivity contribution in [1.29, 1.82) is 0 Å². The minimum atomic E-state index is 0.0452. The average molecular weight is 303 g/mol. The maximum atomic E-state index is 12.5. The van der Waals surface area contributed by atoms with Crippen LogP contribution in [0.25, 0.3) is 0 Å². The number of hydrogen-bond acceptors (Lipinski definition) is 3. The predicted octanol–water partition coefficient (Wildman–Crippen LogP) is 1.91. The van der Waals surface area contributed by atoms with E-state index in [9.17, 15) is 4.79 Å². The summed E-state index contributed by atoms with van der Waals surface area (Å²) in [4.78, 5) is 24.4. The van der Waals surface area contributed by atoms with Gasteiger partial charge in [0.1, 0.15) is 5.82 Å². The Morgan fingerprint density at radius 2 is 2.41 bits per heavy atom. The van der Waals surface area contributed by atoms with E-state index in [0.29, 0.717) is 6.54 Å². The summed E-state index contributed by atoms with van der Waals surface area (Å²) in [7, 11) is 0. The number of H-pyrrole nitrogens is 1. The molecule has 3 rings (SSSR count). The molecule has 6 nitrogen and oxygen atoms in total. The Balaban J connectivity index is 1.63. The Kier molecular flexibility index (Phi) is 4.77. The van der Waals surface area contributed by atoms with Crippen LogP contribution in [0.15, 0.2) is 24.5 Å². The van der Waals surface area contributed by atoms with Crippen molar-refractivity contribution >= 4 is 6.03 Å². The van der Waals surface area contributed by atoms with Gasteiger partial charge in [0, 0.05) is 38.1 Å². The van der Waals surface area contributed by atoms with Crippen molar-refractivity contribution in [3.8, 4) is 0 Å². The number of hydrogen-bond donors (Lipinski definition) is 2. The van der Waals surface area contributed by atoms with Crippen LogP contribution in [0.5, 0.6) is 0 Å². The topological polar surface area (TPSA) is 64.3 Å². The Bertz CT molecular complexity index is 513. The van der Waals surface area contributed by atoms with Crippen LogP contribution in [0.4, 0.5) is 4.79 Å². The van der Waals surface area contributed by atoms with Crippen molar-refractivity contribution in [2.75, 3.05) is 26.2 Å². The maximum absolute atomic E-state index is 12.5. The molecule has 2 atom stereocenters. The predicted molar refractivity (Wildman–Crippen MR) is 85.5 cm³/mol. The van der Waals surface area contributed by atoms with Gasteiger partial charge in [0.2, 0.25) is 0 Å². The average Bonchev–Trinajstić information content (AvgIpc) is 3.09. The number of aromatic amines is 1. The van der Waals surface area contributed by atoms with E-state index >= 15 is 0 Å². The first-order chi connectivity index (χ1) is 10.8. The molecule has 22 heavy (non-hydrogen) atoms. The molecule has 2 N–H and O–H groups in total. The molecule has 120 valence electrons. The molecule has 0 saturated carbocycles. The third-order valence-electron chi connectivity index (χ3n) is 4.58. The van der Waals surface area contributed by atoms with E-state index in [4.69, 9.17) is 0 Å². The number of rotatable bonds is 3. The highest BCUT2D eigenvalue weighted by atomic mass is 16.2. The van der Waals surface area contributed by atoms with Gasteiger partial charge in [-0.3, -0.25) is 4.90 Å². The van der Waals surface area contributed by atoms with Crippen LogP contribution >= 0.6 is 0 Å². The third-order valence-corrected chi connectivity index (χ3v) is 4.58. The van der Waals surface area contributed by atoms with Crippen molar-refractivity contribution < 1.29 is 4.79 Å². The standard InChI is InChI=1S/C16H25N5O/c1-2-20-10-11-21(12-14(20)15-17-8-9-18-15)16(22)19-13-6-4-3-5-7-13/h4,6,8-9,13-14H,2-3,5,7,10-12H2,1H3,(H,17,18)(H,19,22). The Morgan fingerprint density at radius 1 is 1.50 bits per heavy atom. The van der Waals surface area contributed by atoms with Gasteiger partial charge in [0.25, 0.3) is 0 Å². The molecule has 0 bridgehead atoms. The van der Waals surface area contributed by atoms with Gasteiger partial charge < -0.3 is 15.2 Å². The molecule has 6 heteroatoms. The molecule has 0 spiro atoms. The Labute approximate surface area is 131 Å². The summed E-state index contributed by atoms with van der Waals surface area (Å²) in [5, 5.41) is 3.14. The van der Waals surface area contributed by atoms with Gasteiger partial charge in [-0.05, 0) is 25.8 Å². The van der Waals surface area contributed by atoms with Crippen molar-refractivity contribution in [2.45, 2.75) is 38.3 Å². The molecular weight excluding hydrogens is 278 g/mol. The smallest absolute Gasteiger partial charge is 0.317 e. The number of likely N-dealkylation sites (N-methyl/N-ethyl adjacent to an activating group) is 1. The number of carbonyl (C=O) groups is 1. The number of urea groups is 1. The lowest BCUT2D eigenvalue weighted by atomic mass is 10.0. The molecule has 1 aliphatic carbocycles. The van der Waals surface area contributed by atoms with Crippen LogP contribution in [-0.4, -0.2) is 58.0 Å². The van der Waals surface area contributed by atoms with E-state index in [1.807, 2.05) is 11.1 Å². The maximum Gasteiger partial charge on any atom is 0.317 e. The number of amides is 2. The second-order valence-corrected chi connectivity index (χ2v) is 5.98. The van der Waals surface area contributed by atoms with Gasteiger partial charge in [-0.1, -0.05) is 19.1 Å². The fourth-order valence-corrected chi connectivity index (χ4v) is 3.29. The zero-order valence-corrected chi connectivity index (χ0v) is 13.2. The number of aromatic nitrogens is 2. The highest BCUT2D eigenvalue weighted by Crippen LogP contribution is 2.22. The molecule has 2 heterocycles. The molecule has 1 aromatic rings. The van der Waals surface area contributed by atoms with Crippen LogP contribution in [0.2, 0.25) is 0 Å². The highest BCUT2D eigenvalue weighted by Gasteiger charge is 2.31. The molecule has 1 aliphatic heterocycles. The fraction of sp³-hybridized carbons (Fsp3) is 0.625. The molecule has 1 fully saturated rings. The Hall–Kier alpha value is -1.82. The third kappa shape index (κ3) is 3.32. The van der Waals surface area contributed by atoms with Gasteiger partial charge in [0.05, 0.1) is 6.04 Å². The second kappa shape index (κ2) is 6.96. The molecule has 1 aromatic heterocycles. The quantitative estimate of drug-likeness (QED) is 0.838. The van der Waals surface area contributed by atoms with Gasteiger partial charge in [-0.15, -0.1) is 0 Å². The van der Waals surface area contributed by atoms with Gasteiger partial charge in [0.15, 0.2) is 0 Å². The summed E-state index contributed by atoms with van der Waals surface area (Å²) in [6.45, 7) is 5.46. The Morgan fingerprint density at radius 3 is 3.09 bits per heavy atom. The summed E-state index contributed by atoms with van der Waals surface area (Å²) in [6.07, 6.45) is 11.2. The summed E-state index contributed by atoms with van der Waals surface area (Å²) >= 11 is 0. The van der Waals surface area contributed by atoms with Crippen molar-refractivity contribution in [3.05, 3.63) is 30.4 Å². The highest BCUT2D eigenvalue weighted by molar-refractivity contribution is 5.75. The van der Waals surface area contributed by atoms with Crippen LogP contribution < -0.4 is 5.32 Å². The van der Waals surface area contributed by atoms with Crippen molar-refractivity contribution in [1.82, 2.24) is 25.1 Å². The van der Waals surface area contributed by atoms with E-state index < -0.39 is 0 Å². The summed E-state index contributed by atoms with van der Waals surface area (Å²) in [6, 6.07) is 0.387. The minimum Gasteiger partial charge on any atom is -0.347 e. The van der Waals surface area contributed by atoms with Crippen LogP contribution in [0.1, 0.15) is 38.1 Å². The zero-order chi connectivity index (χ0) is 15.4. The van der Waals surface area contributed by atoms with E-state index in [2.05, 4.69) is 39.3 Å². The summed E-state index contributed by atoms with van der Waals surface area (Å²) in [5.41, 5.74) is 0. The monoisotopic (exact) mass is 303 g/mol. The van der Waals surface area contributed by atoms with Crippen molar-refractivity contribution in [2.24, 2.45) is 0 Å². The molecule has 0 aromatic carbocycles. The van der Waals surface area contributed by atoms with Crippen LogP contribution in [-0.2, 0) is 0 Å². The lowest BCUT2D eigenvalue weighted by Crippen LogP contribution is -2.54. The number of carbonyl (C=O) groups excluding carboxylic acids is 1. The number of piperazine rings is 1. The van der Waals surface area contributed by atoms with Crippen LogP contribution in [0.3, 0.4) is 0 Å². The fourth-order valence-electron chi connectivity index (χ4n) is 3.29. The van der Waals surface area contributed by atoms with Gasteiger partial charge in [-0.2, -0.15) is 0 Å². The first kappa shape index (κ1) is 15.1. The molecule has 0 radical (unpaired) electrons. The van der Waals surface area contributed by atoms with E-state index in [1.54, 1.807) is 6.20 Å². The number of allylic oxidation sites excluding steroid dienone is 1. The summed E-state index contributed by atoms with van der Waals surface area (Å²) < 4.78 is 0. The van der Waals surface area contributed by atoms with E-state index in [0.717, 1.165) is 44.7 Å². The SMILES string of the molecule is CCN1CCN(C(=O)NC2C=CCCC2)CC1c1ncc[nH]1. The first-order valence-electron chi connectivity index (χ1n) is 8.23. The minimum absolute atomic E-state index is 0.0452. The number of nitrogens with one attached hydrogen (secondary N) is 2. The van der Waals surface area contributed by atoms with E-state index in [-0.39, 0.29) is 18.1 Å². The molecule has 1 saturated heterocycles. The van der Waals surface area contributed by atoms with E-state index in [1.165, 1.54) is 0 Å². The van der Waals surface area contributed by atoms with Gasteiger partial charge in [-0.25, -0.2) is 9.78 Å². The first-order valence-corrected chi connectivity index (χ1v) is 8.23.